The van der Waals surface area contributed by atoms with E-state index in [1.807, 2.05) is 11.6 Å². The molecule has 1 aliphatic rings. The van der Waals surface area contributed by atoms with Crippen molar-refractivity contribution in [1.29, 1.82) is 0 Å². The van der Waals surface area contributed by atoms with Crippen molar-refractivity contribution in [1.82, 2.24) is 15.6 Å². The van der Waals surface area contributed by atoms with E-state index >= 15 is 0 Å². The van der Waals surface area contributed by atoms with Gasteiger partial charge in [0.05, 0.1) is 5.01 Å². The summed E-state index contributed by atoms with van der Waals surface area (Å²) in [6.45, 7) is 6.83. The first-order chi connectivity index (χ1) is 7.29. The van der Waals surface area contributed by atoms with Crippen molar-refractivity contribution in [2.24, 2.45) is 5.41 Å². The highest BCUT2D eigenvalue weighted by Gasteiger charge is 2.27. The molecule has 2 heterocycles. The quantitative estimate of drug-likeness (QED) is 0.741. The Morgan fingerprint density at radius 3 is 3.27 bits per heavy atom. The van der Waals surface area contributed by atoms with Crippen LogP contribution in [0.4, 0.5) is 0 Å². The van der Waals surface area contributed by atoms with Gasteiger partial charge in [-0.2, -0.15) is 0 Å². The van der Waals surface area contributed by atoms with Gasteiger partial charge < -0.3 is 10.6 Å². The van der Waals surface area contributed by atoms with Crippen molar-refractivity contribution in [2.75, 3.05) is 26.2 Å². The van der Waals surface area contributed by atoms with E-state index in [0.717, 1.165) is 26.1 Å². The fraction of sp³-hybridized carbons (Fsp3) is 0.727. The molecule has 2 N–H and O–H groups in total. The molecule has 1 aromatic rings. The van der Waals surface area contributed by atoms with E-state index in [-0.39, 0.29) is 0 Å². The Morgan fingerprint density at radius 1 is 1.67 bits per heavy atom. The summed E-state index contributed by atoms with van der Waals surface area (Å²) in [5.41, 5.74) is 0.461. The first-order valence-electron chi connectivity index (χ1n) is 5.58. The number of thiazole rings is 1. The van der Waals surface area contributed by atoms with Gasteiger partial charge in [-0.15, -0.1) is 11.3 Å². The zero-order valence-electron chi connectivity index (χ0n) is 9.25. The van der Waals surface area contributed by atoms with Crippen molar-refractivity contribution >= 4 is 11.3 Å². The average molecular weight is 225 g/mol. The molecular weight excluding hydrogens is 206 g/mol. The molecular formula is C11H19N3S. The molecule has 15 heavy (non-hydrogen) atoms. The van der Waals surface area contributed by atoms with Crippen LogP contribution in [0.25, 0.3) is 0 Å². The van der Waals surface area contributed by atoms with Gasteiger partial charge in [0.15, 0.2) is 0 Å². The molecule has 4 heteroatoms. The van der Waals surface area contributed by atoms with E-state index < -0.39 is 0 Å². The van der Waals surface area contributed by atoms with Crippen molar-refractivity contribution in [3.05, 3.63) is 16.6 Å². The van der Waals surface area contributed by atoms with Crippen LogP contribution in [0.3, 0.4) is 0 Å². The lowest BCUT2D eigenvalue weighted by Gasteiger charge is -2.22. The standard InChI is InChI=1S/C11H19N3S/c1-11(3-5-13-9-11)8-12-4-2-10-14-6-7-15-10/h6-7,12-13H,2-5,8-9H2,1H3. The molecule has 0 saturated carbocycles. The summed E-state index contributed by atoms with van der Waals surface area (Å²) in [5, 5.41) is 10.2. The van der Waals surface area contributed by atoms with Crippen LogP contribution in [0.1, 0.15) is 18.4 Å². The third kappa shape index (κ3) is 3.26. The molecule has 0 bridgehead atoms. The second-order valence-corrected chi connectivity index (χ2v) is 5.57. The largest absolute Gasteiger partial charge is 0.316 e. The summed E-state index contributed by atoms with van der Waals surface area (Å²) < 4.78 is 0. The molecule has 3 nitrogen and oxygen atoms in total. The Balaban J connectivity index is 1.62. The number of nitrogens with one attached hydrogen (secondary N) is 2. The second-order valence-electron chi connectivity index (χ2n) is 4.59. The topological polar surface area (TPSA) is 37.0 Å². The van der Waals surface area contributed by atoms with Gasteiger partial charge in [0.25, 0.3) is 0 Å². The molecule has 0 spiro atoms. The van der Waals surface area contributed by atoms with Crippen molar-refractivity contribution in [2.45, 2.75) is 19.8 Å². The maximum Gasteiger partial charge on any atom is 0.0937 e. The number of hydrogen-bond donors (Lipinski definition) is 2. The maximum atomic E-state index is 4.27. The zero-order chi connectivity index (χ0) is 10.6. The normalized spacial score (nSPS) is 25.9. The summed E-state index contributed by atoms with van der Waals surface area (Å²) in [6, 6.07) is 0. The number of rotatable bonds is 5. The van der Waals surface area contributed by atoms with E-state index in [4.69, 9.17) is 0 Å². The predicted molar refractivity (Wildman–Crippen MR) is 64.3 cm³/mol. The Morgan fingerprint density at radius 2 is 2.60 bits per heavy atom. The Hall–Kier alpha value is -0.450. The molecule has 1 saturated heterocycles. The molecule has 0 aliphatic carbocycles. The lowest BCUT2D eigenvalue weighted by Crippen LogP contribution is -2.34. The minimum Gasteiger partial charge on any atom is -0.316 e. The molecule has 1 atom stereocenters. The predicted octanol–water partition coefficient (Wildman–Crippen LogP) is 1.27. The van der Waals surface area contributed by atoms with Gasteiger partial charge in [-0.05, 0) is 18.4 Å². The van der Waals surface area contributed by atoms with E-state index in [1.165, 1.54) is 18.0 Å². The van der Waals surface area contributed by atoms with Crippen LogP contribution >= 0.6 is 11.3 Å². The first kappa shape index (κ1) is 11.0. The molecule has 1 aliphatic heterocycles. The third-order valence-corrected chi connectivity index (χ3v) is 3.85. The SMILES string of the molecule is CC1(CNCCc2nccs2)CCNC1. The highest BCUT2D eigenvalue weighted by Crippen LogP contribution is 2.22. The van der Waals surface area contributed by atoms with Crippen LogP contribution in [0.5, 0.6) is 0 Å². The molecule has 84 valence electrons. The third-order valence-electron chi connectivity index (χ3n) is 3.01. The highest BCUT2D eigenvalue weighted by atomic mass is 32.1. The van der Waals surface area contributed by atoms with Gasteiger partial charge in [0, 0.05) is 37.6 Å². The summed E-state index contributed by atoms with van der Waals surface area (Å²) in [6.07, 6.45) is 4.22. The highest BCUT2D eigenvalue weighted by molar-refractivity contribution is 7.09. The molecule has 1 fully saturated rings. The summed E-state index contributed by atoms with van der Waals surface area (Å²) in [7, 11) is 0. The van der Waals surface area contributed by atoms with Gasteiger partial charge in [0.1, 0.15) is 0 Å². The van der Waals surface area contributed by atoms with E-state index in [1.54, 1.807) is 11.3 Å². The van der Waals surface area contributed by atoms with E-state index in [9.17, 15) is 0 Å². The number of aromatic nitrogens is 1. The Bertz CT molecular complexity index is 278. The minimum absolute atomic E-state index is 0.461. The average Bonchev–Trinajstić information content (AvgIpc) is 2.84. The van der Waals surface area contributed by atoms with Gasteiger partial charge in [-0.1, -0.05) is 6.92 Å². The van der Waals surface area contributed by atoms with Gasteiger partial charge in [-0.3, -0.25) is 0 Å². The van der Waals surface area contributed by atoms with Crippen LogP contribution in [-0.2, 0) is 6.42 Å². The van der Waals surface area contributed by atoms with Gasteiger partial charge in [0.2, 0.25) is 0 Å². The van der Waals surface area contributed by atoms with Crippen molar-refractivity contribution in [3.63, 3.8) is 0 Å². The number of hydrogen-bond acceptors (Lipinski definition) is 4. The monoisotopic (exact) mass is 225 g/mol. The van der Waals surface area contributed by atoms with Gasteiger partial charge in [-0.25, -0.2) is 4.98 Å². The van der Waals surface area contributed by atoms with E-state index in [0.29, 0.717) is 5.41 Å². The molecule has 1 aromatic heterocycles. The molecule has 0 aromatic carbocycles. The van der Waals surface area contributed by atoms with Crippen LogP contribution in [0, 0.1) is 5.41 Å². The molecule has 0 radical (unpaired) electrons. The van der Waals surface area contributed by atoms with Gasteiger partial charge >= 0.3 is 0 Å². The van der Waals surface area contributed by atoms with Crippen LogP contribution < -0.4 is 10.6 Å². The minimum atomic E-state index is 0.461. The van der Waals surface area contributed by atoms with Crippen LogP contribution in [0.15, 0.2) is 11.6 Å². The molecule has 1 unspecified atom stereocenters. The maximum absolute atomic E-state index is 4.27. The smallest absolute Gasteiger partial charge is 0.0937 e. The first-order valence-corrected chi connectivity index (χ1v) is 6.46. The lowest BCUT2D eigenvalue weighted by molar-refractivity contribution is 0.341. The zero-order valence-corrected chi connectivity index (χ0v) is 10.1. The van der Waals surface area contributed by atoms with E-state index in [2.05, 4.69) is 22.5 Å². The summed E-state index contributed by atoms with van der Waals surface area (Å²) >= 11 is 1.74. The Labute approximate surface area is 95.3 Å². The van der Waals surface area contributed by atoms with Crippen LogP contribution in [0.2, 0.25) is 0 Å². The summed E-state index contributed by atoms with van der Waals surface area (Å²) in [5.74, 6) is 0. The second kappa shape index (κ2) is 5.05. The van der Waals surface area contributed by atoms with Crippen LogP contribution in [-0.4, -0.2) is 31.2 Å². The fourth-order valence-corrected chi connectivity index (χ4v) is 2.60. The summed E-state index contributed by atoms with van der Waals surface area (Å²) in [4.78, 5) is 4.27. The lowest BCUT2D eigenvalue weighted by atomic mass is 9.90. The molecule has 2 rings (SSSR count). The molecule has 0 amide bonds. The van der Waals surface area contributed by atoms with Crippen molar-refractivity contribution < 1.29 is 0 Å². The number of nitrogens with zero attached hydrogens (tertiary/aromatic N) is 1. The fourth-order valence-electron chi connectivity index (χ4n) is 1.98. The van der Waals surface area contributed by atoms with Crippen molar-refractivity contribution in [3.8, 4) is 0 Å². The Kier molecular flexibility index (Phi) is 3.72.